The molecule has 2 aromatic rings. The van der Waals surface area contributed by atoms with Crippen molar-refractivity contribution in [1.29, 1.82) is 0 Å². The number of likely N-dealkylation sites (N-methyl/N-ethyl adjacent to an activating group) is 1. The summed E-state index contributed by atoms with van der Waals surface area (Å²) in [5.41, 5.74) is 2.93. The Balaban J connectivity index is 1.75. The van der Waals surface area contributed by atoms with E-state index < -0.39 is 0 Å². The quantitative estimate of drug-likeness (QED) is 0.701. The van der Waals surface area contributed by atoms with Gasteiger partial charge in [0.15, 0.2) is 0 Å². The van der Waals surface area contributed by atoms with E-state index in [4.69, 9.17) is 4.74 Å². The van der Waals surface area contributed by atoms with Crippen LogP contribution in [-0.2, 0) is 11.3 Å². The zero-order valence-corrected chi connectivity index (χ0v) is 19.0. The Bertz CT molecular complexity index is 870. The van der Waals surface area contributed by atoms with Gasteiger partial charge in [-0.25, -0.2) is 4.39 Å². The number of nitrogens with one attached hydrogen (secondary N) is 1. The van der Waals surface area contributed by atoms with Crippen LogP contribution in [0.3, 0.4) is 0 Å². The fourth-order valence-electron chi connectivity index (χ4n) is 4.21. The largest absolute Gasteiger partial charge is 0.497 e. The highest BCUT2D eigenvalue weighted by Crippen LogP contribution is 2.32. The van der Waals surface area contributed by atoms with Crippen molar-refractivity contribution in [3.05, 3.63) is 65.0 Å². The summed E-state index contributed by atoms with van der Waals surface area (Å²) in [4.78, 5) is 17.3. The molecular weight excluding hydrogens is 393 g/mol. The molecule has 0 aliphatic carbocycles. The predicted molar refractivity (Wildman–Crippen MR) is 122 cm³/mol. The molecule has 1 amide bonds. The lowest BCUT2D eigenvalue weighted by Crippen LogP contribution is -2.46. The lowest BCUT2D eigenvalue weighted by molar-refractivity contribution is -0.127. The zero-order valence-electron chi connectivity index (χ0n) is 19.0. The molecule has 1 saturated heterocycles. The van der Waals surface area contributed by atoms with Crippen LogP contribution in [0.5, 0.6) is 5.75 Å². The number of nitrogens with zero attached hydrogens (tertiary/aromatic N) is 2. The highest BCUT2D eigenvalue weighted by atomic mass is 19.1. The van der Waals surface area contributed by atoms with Crippen LogP contribution >= 0.6 is 0 Å². The summed E-state index contributed by atoms with van der Waals surface area (Å²) in [7, 11) is 5.65. The molecular formula is C25H34FN3O2. The molecule has 1 fully saturated rings. The number of benzene rings is 2. The third-order valence-corrected chi connectivity index (χ3v) is 5.97. The Labute approximate surface area is 185 Å². The van der Waals surface area contributed by atoms with Gasteiger partial charge in [0, 0.05) is 32.7 Å². The maximum Gasteiger partial charge on any atom is 0.224 e. The summed E-state index contributed by atoms with van der Waals surface area (Å²) in [6.45, 7) is 5.58. The minimum atomic E-state index is -0.187. The van der Waals surface area contributed by atoms with Crippen molar-refractivity contribution in [3.63, 3.8) is 0 Å². The molecule has 0 radical (unpaired) electrons. The second-order valence-electron chi connectivity index (χ2n) is 8.77. The molecule has 0 spiro atoms. The molecule has 3 rings (SSSR count). The van der Waals surface area contributed by atoms with Crippen LogP contribution in [-0.4, -0.2) is 63.1 Å². The summed E-state index contributed by atoms with van der Waals surface area (Å²) < 4.78 is 19.1. The van der Waals surface area contributed by atoms with E-state index in [0.29, 0.717) is 12.1 Å². The molecule has 168 valence electrons. The summed E-state index contributed by atoms with van der Waals surface area (Å²) in [6.07, 6.45) is 0.776. The number of piperidine rings is 1. The highest BCUT2D eigenvalue weighted by molar-refractivity contribution is 5.79. The number of aryl methyl sites for hydroxylation is 1. The van der Waals surface area contributed by atoms with E-state index in [2.05, 4.69) is 27.2 Å². The Kier molecular flexibility index (Phi) is 8.04. The van der Waals surface area contributed by atoms with Crippen molar-refractivity contribution in [2.24, 2.45) is 5.92 Å². The molecule has 0 bridgehead atoms. The second kappa shape index (κ2) is 10.7. The van der Waals surface area contributed by atoms with Crippen LogP contribution in [0.25, 0.3) is 0 Å². The van der Waals surface area contributed by atoms with Crippen LogP contribution < -0.4 is 10.1 Å². The fourth-order valence-corrected chi connectivity index (χ4v) is 4.21. The first-order chi connectivity index (χ1) is 14.9. The molecule has 1 aliphatic heterocycles. The first kappa shape index (κ1) is 23.2. The van der Waals surface area contributed by atoms with Gasteiger partial charge in [0.25, 0.3) is 0 Å². The Morgan fingerprint density at radius 3 is 2.58 bits per heavy atom. The molecule has 2 atom stereocenters. The molecule has 0 saturated carbocycles. The molecule has 6 heteroatoms. The second-order valence-corrected chi connectivity index (χ2v) is 8.77. The predicted octanol–water partition coefficient (Wildman–Crippen LogP) is 3.43. The number of rotatable bonds is 8. The van der Waals surface area contributed by atoms with Crippen LogP contribution in [0.4, 0.5) is 4.39 Å². The van der Waals surface area contributed by atoms with Crippen LogP contribution in [0.2, 0.25) is 0 Å². The number of ether oxygens (including phenoxy) is 1. The van der Waals surface area contributed by atoms with Gasteiger partial charge in [0.05, 0.1) is 13.0 Å². The minimum absolute atomic E-state index is 0.0930. The normalized spacial score (nSPS) is 19.4. The SMILES string of the molecule is COc1ccc(CN2CC(C(=O)NCCN(C)C)CC(c3ccc(F)c(C)c3)C2)cc1. The number of likely N-dealkylation sites (tertiary alicyclic amines) is 1. The van der Waals surface area contributed by atoms with Gasteiger partial charge in [-0.15, -0.1) is 0 Å². The van der Waals surface area contributed by atoms with E-state index >= 15 is 0 Å². The van der Waals surface area contributed by atoms with E-state index in [1.54, 1.807) is 20.1 Å². The third kappa shape index (κ3) is 6.52. The number of hydrogen-bond acceptors (Lipinski definition) is 4. The molecule has 1 N–H and O–H groups in total. The number of hydrogen-bond donors (Lipinski definition) is 1. The van der Waals surface area contributed by atoms with Gasteiger partial charge >= 0.3 is 0 Å². The highest BCUT2D eigenvalue weighted by Gasteiger charge is 2.32. The van der Waals surface area contributed by atoms with Gasteiger partial charge in [-0.05, 0) is 68.2 Å². The topological polar surface area (TPSA) is 44.8 Å². The molecule has 31 heavy (non-hydrogen) atoms. The summed E-state index contributed by atoms with van der Waals surface area (Å²) >= 11 is 0. The Morgan fingerprint density at radius 1 is 1.19 bits per heavy atom. The van der Waals surface area contributed by atoms with Crippen molar-refractivity contribution in [2.45, 2.75) is 25.8 Å². The average molecular weight is 428 g/mol. The maximum atomic E-state index is 13.8. The van der Waals surface area contributed by atoms with Crippen LogP contribution in [0.1, 0.15) is 29.0 Å². The van der Waals surface area contributed by atoms with Gasteiger partial charge in [-0.2, -0.15) is 0 Å². The first-order valence-electron chi connectivity index (χ1n) is 10.9. The molecule has 1 aliphatic rings. The van der Waals surface area contributed by atoms with Gasteiger partial charge in [-0.1, -0.05) is 24.3 Å². The van der Waals surface area contributed by atoms with Crippen molar-refractivity contribution in [2.75, 3.05) is 47.4 Å². The van der Waals surface area contributed by atoms with E-state index in [1.807, 2.05) is 38.4 Å². The van der Waals surface area contributed by atoms with E-state index in [1.165, 1.54) is 5.56 Å². The van der Waals surface area contributed by atoms with E-state index in [-0.39, 0.29) is 23.6 Å². The van der Waals surface area contributed by atoms with Crippen molar-refractivity contribution in [1.82, 2.24) is 15.1 Å². The number of halogens is 1. The van der Waals surface area contributed by atoms with Gasteiger partial charge < -0.3 is 15.0 Å². The van der Waals surface area contributed by atoms with Crippen LogP contribution in [0.15, 0.2) is 42.5 Å². The monoisotopic (exact) mass is 427 g/mol. The number of amides is 1. The average Bonchev–Trinajstić information content (AvgIpc) is 2.75. The van der Waals surface area contributed by atoms with Crippen LogP contribution in [0, 0.1) is 18.7 Å². The Morgan fingerprint density at radius 2 is 1.94 bits per heavy atom. The number of methoxy groups -OCH3 is 1. The summed E-state index contributed by atoms with van der Waals surface area (Å²) in [6, 6.07) is 13.4. The van der Waals surface area contributed by atoms with Crippen molar-refractivity contribution >= 4 is 5.91 Å². The minimum Gasteiger partial charge on any atom is -0.497 e. The van der Waals surface area contributed by atoms with Gasteiger partial charge in [-0.3, -0.25) is 9.69 Å². The zero-order chi connectivity index (χ0) is 22.4. The smallest absolute Gasteiger partial charge is 0.224 e. The Hall–Kier alpha value is -2.44. The van der Waals surface area contributed by atoms with Gasteiger partial charge in [0.2, 0.25) is 5.91 Å². The lowest BCUT2D eigenvalue weighted by Gasteiger charge is -2.37. The lowest BCUT2D eigenvalue weighted by atomic mass is 9.83. The van der Waals surface area contributed by atoms with Crippen molar-refractivity contribution < 1.29 is 13.9 Å². The first-order valence-corrected chi connectivity index (χ1v) is 10.9. The molecule has 0 aromatic heterocycles. The fraction of sp³-hybridized carbons (Fsp3) is 0.480. The number of carbonyl (C=O) groups is 1. The van der Waals surface area contributed by atoms with Gasteiger partial charge in [0.1, 0.15) is 11.6 Å². The summed E-state index contributed by atoms with van der Waals surface area (Å²) in [5, 5.41) is 3.09. The molecule has 2 unspecified atom stereocenters. The maximum absolute atomic E-state index is 13.8. The van der Waals surface area contributed by atoms with E-state index in [9.17, 15) is 9.18 Å². The molecule has 1 heterocycles. The van der Waals surface area contributed by atoms with Crippen molar-refractivity contribution in [3.8, 4) is 5.75 Å². The summed E-state index contributed by atoms with van der Waals surface area (Å²) in [5.74, 6) is 0.846. The standard InChI is InChI=1S/C25H34FN3O2/c1-18-13-20(7-10-24(18)26)21-14-22(25(30)27-11-12-28(2)3)17-29(16-21)15-19-5-8-23(31-4)9-6-19/h5-10,13,21-22H,11-12,14-17H2,1-4H3,(H,27,30). The molecule has 2 aromatic carbocycles. The molecule has 5 nitrogen and oxygen atoms in total. The third-order valence-electron chi connectivity index (χ3n) is 5.97. The van der Waals surface area contributed by atoms with E-state index in [0.717, 1.165) is 43.9 Å². The number of carbonyl (C=O) groups excluding carboxylic acids is 1.